The Hall–Kier alpha value is -2.60. The lowest BCUT2D eigenvalue weighted by molar-refractivity contribution is 0.0746. The molecule has 2 fully saturated rings. The maximum Gasteiger partial charge on any atom is 0.253 e. The molecule has 3 aliphatic rings. The highest BCUT2D eigenvalue weighted by atomic mass is 32.2. The summed E-state index contributed by atoms with van der Waals surface area (Å²) in [7, 11) is -3.65. The van der Waals surface area contributed by atoms with Gasteiger partial charge in [0.15, 0.2) is 0 Å². The van der Waals surface area contributed by atoms with Crippen molar-refractivity contribution in [3.63, 3.8) is 0 Å². The van der Waals surface area contributed by atoms with Gasteiger partial charge in [-0.15, -0.1) is 11.3 Å². The summed E-state index contributed by atoms with van der Waals surface area (Å²) in [4.78, 5) is 30.0. The van der Waals surface area contributed by atoms with Gasteiger partial charge >= 0.3 is 0 Å². The summed E-state index contributed by atoms with van der Waals surface area (Å²) in [5.41, 5.74) is 1.92. The van der Waals surface area contributed by atoms with E-state index in [-0.39, 0.29) is 23.5 Å². The summed E-state index contributed by atoms with van der Waals surface area (Å²) in [6.45, 7) is 7.91. The van der Waals surface area contributed by atoms with E-state index in [0.29, 0.717) is 44.3 Å². The van der Waals surface area contributed by atoms with E-state index in [1.807, 2.05) is 16.2 Å². The molecule has 1 aromatic carbocycles. The number of ether oxygens (including phenoxy) is 1. The summed E-state index contributed by atoms with van der Waals surface area (Å²) in [5.74, 6) is 2.51. The Morgan fingerprint density at radius 2 is 1.90 bits per heavy atom. The number of benzene rings is 1. The molecule has 11 heteroatoms. The molecular weight excluding hydrogens is 546 g/mol. The standard InChI is InChI=1S/C29H37N5O4S2/c1-3-25-31-27(26-23-11-6-19(2)17-24(23)39-28(26)32-25)33-12-14-34(15-13-33)29(35)20-7-9-22(10-8-20)40(36,37)30-18-21-5-4-16-38-21/h7-10,19,21,30H,3-6,11-18H2,1-2H3/t19-,21-/m1/s1. The third-order valence-corrected chi connectivity index (χ3v) is 10.9. The van der Waals surface area contributed by atoms with Crippen LogP contribution in [0.3, 0.4) is 0 Å². The van der Waals surface area contributed by atoms with E-state index in [4.69, 9.17) is 14.7 Å². The Bertz CT molecular complexity index is 1490. The van der Waals surface area contributed by atoms with E-state index in [1.54, 1.807) is 12.1 Å². The molecule has 0 unspecified atom stereocenters. The van der Waals surface area contributed by atoms with E-state index in [0.717, 1.165) is 48.6 Å². The van der Waals surface area contributed by atoms with Gasteiger partial charge in [-0.1, -0.05) is 13.8 Å². The van der Waals surface area contributed by atoms with Gasteiger partial charge in [0.1, 0.15) is 16.5 Å². The number of aromatic nitrogens is 2. The summed E-state index contributed by atoms with van der Waals surface area (Å²) in [5, 5.41) is 1.22. The smallest absolute Gasteiger partial charge is 0.253 e. The maximum atomic E-state index is 13.3. The number of fused-ring (bicyclic) bond motifs is 3. The van der Waals surface area contributed by atoms with E-state index < -0.39 is 10.0 Å². The second kappa shape index (κ2) is 11.3. The molecule has 4 heterocycles. The number of piperazine rings is 1. The predicted octanol–water partition coefficient (Wildman–Crippen LogP) is 3.80. The first-order chi connectivity index (χ1) is 19.3. The Labute approximate surface area is 240 Å². The van der Waals surface area contributed by atoms with Gasteiger partial charge in [-0.25, -0.2) is 23.1 Å². The van der Waals surface area contributed by atoms with Crippen LogP contribution in [0.2, 0.25) is 0 Å². The molecule has 2 saturated heterocycles. The highest BCUT2D eigenvalue weighted by Crippen LogP contribution is 2.41. The van der Waals surface area contributed by atoms with Crippen LogP contribution in [0.1, 0.15) is 59.7 Å². The first-order valence-corrected chi connectivity index (χ1v) is 16.7. The average Bonchev–Trinajstić information content (AvgIpc) is 3.63. The Kier molecular flexibility index (Phi) is 7.82. The molecular formula is C29H37N5O4S2. The van der Waals surface area contributed by atoms with Crippen molar-refractivity contribution >= 4 is 43.3 Å². The van der Waals surface area contributed by atoms with Crippen molar-refractivity contribution in [2.45, 2.75) is 63.4 Å². The number of nitrogens with one attached hydrogen (secondary N) is 1. The second-order valence-electron chi connectivity index (χ2n) is 11.1. The SMILES string of the molecule is CCc1nc(N2CCN(C(=O)c3ccc(S(=O)(=O)NC[C@H]4CCCO4)cc3)CC2)c2c3c(sc2n1)C[C@H](C)CC3. The number of thiophene rings is 1. The normalized spacial score (nSPS) is 21.6. The van der Waals surface area contributed by atoms with Crippen molar-refractivity contribution < 1.29 is 17.9 Å². The number of sulfonamides is 1. The van der Waals surface area contributed by atoms with Gasteiger partial charge in [-0.3, -0.25) is 4.79 Å². The molecule has 9 nitrogen and oxygen atoms in total. The van der Waals surface area contributed by atoms with Crippen LogP contribution in [-0.4, -0.2) is 74.6 Å². The van der Waals surface area contributed by atoms with Crippen LogP contribution in [0, 0.1) is 5.92 Å². The van der Waals surface area contributed by atoms with E-state index in [1.165, 1.54) is 34.4 Å². The van der Waals surface area contributed by atoms with Crippen molar-refractivity contribution in [3.05, 3.63) is 46.1 Å². The van der Waals surface area contributed by atoms with Gasteiger partial charge in [-0.05, 0) is 67.9 Å². The zero-order chi connectivity index (χ0) is 27.9. The molecule has 2 atom stereocenters. The zero-order valence-corrected chi connectivity index (χ0v) is 24.8. The quantitative estimate of drug-likeness (QED) is 0.451. The number of carbonyl (C=O) groups excluding carboxylic acids is 1. The molecule has 0 saturated carbocycles. The fourth-order valence-electron chi connectivity index (χ4n) is 5.92. The molecule has 0 spiro atoms. The van der Waals surface area contributed by atoms with Crippen LogP contribution in [0.25, 0.3) is 10.2 Å². The lowest BCUT2D eigenvalue weighted by atomic mass is 9.89. The van der Waals surface area contributed by atoms with E-state index in [2.05, 4.69) is 23.5 Å². The summed E-state index contributed by atoms with van der Waals surface area (Å²) in [6.07, 6.45) is 5.92. The minimum Gasteiger partial charge on any atom is -0.377 e. The fraction of sp³-hybridized carbons (Fsp3) is 0.552. The third-order valence-electron chi connectivity index (χ3n) is 8.30. The minimum absolute atomic E-state index is 0.0739. The Morgan fingerprint density at radius 3 is 2.60 bits per heavy atom. The van der Waals surface area contributed by atoms with Crippen molar-refractivity contribution in [1.82, 2.24) is 19.6 Å². The van der Waals surface area contributed by atoms with Crippen molar-refractivity contribution in [3.8, 4) is 0 Å². The van der Waals surface area contributed by atoms with Gasteiger partial charge in [0, 0.05) is 56.2 Å². The molecule has 214 valence electrons. The number of rotatable bonds is 7. The number of carbonyl (C=O) groups is 1. The topological polar surface area (TPSA) is 105 Å². The van der Waals surface area contributed by atoms with E-state index in [9.17, 15) is 13.2 Å². The molecule has 2 aliphatic heterocycles. The second-order valence-corrected chi connectivity index (χ2v) is 14.0. The van der Waals surface area contributed by atoms with E-state index >= 15 is 0 Å². The first-order valence-electron chi connectivity index (χ1n) is 14.4. The molecule has 1 aliphatic carbocycles. The molecule has 3 aromatic rings. The largest absolute Gasteiger partial charge is 0.377 e. The molecule has 40 heavy (non-hydrogen) atoms. The molecule has 0 bridgehead atoms. The molecule has 2 aromatic heterocycles. The number of hydrogen-bond donors (Lipinski definition) is 1. The van der Waals surface area contributed by atoms with Gasteiger partial charge in [-0.2, -0.15) is 0 Å². The monoisotopic (exact) mass is 583 g/mol. The number of nitrogens with zero attached hydrogens (tertiary/aromatic N) is 4. The van der Waals surface area contributed by atoms with Gasteiger partial charge < -0.3 is 14.5 Å². The third kappa shape index (κ3) is 5.48. The summed E-state index contributed by atoms with van der Waals surface area (Å²) in [6, 6.07) is 6.22. The van der Waals surface area contributed by atoms with Gasteiger partial charge in [0.05, 0.1) is 16.4 Å². The lowest BCUT2D eigenvalue weighted by Crippen LogP contribution is -2.49. The minimum atomic E-state index is -3.65. The fourth-order valence-corrected chi connectivity index (χ4v) is 8.39. The van der Waals surface area contributed by atoms with Crippen LogP contribution in [-0.2, 0) is 34.0 Å². The molecule has 1 amide bonds. The van der Waals surface area contributed by atoms with Crippen molar-refractivity contribution in [2.24, 2.45) is 5.92 Å². The van der Waals surface area contributed by atoms with Crippen molar-refractivity contribution in [2.75, 3.05) is 44.2 Å². The van der Waals surface area contributed by atoms with Crippen LogP contribution < -0.4 is 9.62 Å². The zero-order valence-electron chi connectivity index (χ0n) is 23.2. The highest BCUT2D eigenvalue weighted by Gasteiger charge is 2.29. The number of amides is 1. The first kappa shape index (κ1) is 27.6. The summed E-state index contributed by atoms with van der Waals surface area (Å²) >= 11 is 1.83. The Balaban J connectivity index is 1.13. The van der Waals surface area contributed by atoms with Crippen molar-refractivity contribution in [1.29, 1.82) is 0 Å². The average molecular weight is 584 g/mol. The van der Waals surface area contributed by atoms with Gasteiger partial charge in [0.2, 0.25) is 10.0 Å². The number of aryl methyl sites for hydroxylation is 2. The molecule has 1 N–H and O–H groups in total. The number of hydrogen-bond acceptors (Lipinski definition) is 8. The predicted molar refractivity (Wildman–Crippen MR) is 157 cm³/mol. The van der Waals surface area contributed by atoms with Crippen LogP contribution >= 0.6 is 11.3 Å². The van der Waals surface area contributed by atoms with Crippen LogP contribution in [0.4, 0.5) is 5.82 Å². The molecule has 6 rings (SSSR count). The van der Waals surface area contributed by atoms with Crippen LogP contribution in [0.5, 0.6) is 0 Å². The lowest BCUT2D eigenvalue weighted by Gasteiger charge is -2.36. The van der Waals surface area contributed by atoms with Crippen LogP contribution in [0.15, 0.2) is 29.2 Å². The summed E-state index contributed by atoms with van der Waals surface area (Å²) < 4.78 is 33.5. The maximum absolute atomic E-state index is 13.3. The number of anilines is 1. The highest BCUT2D eigenvalue weighted by molar-refractivity contribution is 7.89. The van der Waals surface area contributed by atoms with Gasteiger partial charge in [0.25, 0.3) is 5.91 Å². The molecule has 0 radical (unpaired) electrons. The Morgan fingerprint density at radius 1 is 1.12 bits per heavy atom.